The lowest BCUT2D eigenvalue weighted by Crippen LogP contribution is -2.04. The highest BCUT2D eigenvalue weighted by atomic mass is 79.9. The second kappa shape index (κ2) is 8.60. The van der Waals surface area contributed by atoms with Crippen LogP contribution in [0.1, 0.15) is 11.1 Å². The van der Waals surface area contributed by atoms with Gasteiger partial charge >= 0.3 is 0 Å². The molecule has 0 unspecified atom stereocenters. The lowest BCUT2D eigenvalue weighted by molar-refractivity contribution is 0.0478. The maximum absolute atomic E-state index is 5.89. The van der Waals surface area contributed by atoms with Gasteiger partial charge in [0, 0.05) is 7.11 Å². The van der Waals surface area contributed by atoms with Crippen molar-refractivity contribution in [1.29, 1.82) is 0 Å². The summed E-state index contributed by atoms with van der Waals surface area (Å²) in [6.45, 7) is 4.34. The Hall–Kier alpha value is -1.98. The maximum Gasteiger partial charge on any atom is 0.188 e. The van der Waals surface area contributed by atoms with Crippen molar-refractivity contribution < 1.29 is 18.9 Å². The zero-order chi connectivity index (χ0) is 16.7. The van der Waals surface area contributed by atoms with Crippen molar-refractivity contribution in [2.45, 2.75) is 6.61 Å². The van der Waals surface area contributed by atoms with Gasteiger partial charge in [0.05, 0.1) is 11.6 Å². The predicted octanol–water partition coefficient (Wildman–Crippen LogP) is 4.66. The first kappa shape index (κ1) is 17.4. The summed E-state index contributed by atoms with van der Waals surface area (Å²) in [7, 11) is 3.22. The summed E-state index contributed by atoms with van der Waals surface area (Å²) in [4.78, 5) is 0. The summed E-state index contributed by atoms with van der Waals surface area (Å²) >= 11 is 3.52. The fourth-order valence-corrected chi connectivity index (χ4v) is 2.56. The van der Waals surface area contributed by atoms with Crippen LogP contribution in [-0.4, -0.2) is 21.0 Å². The van der Waals surface area contributed by atoms with Crippen LogP contribution in [-0.2, 0) is 11.3 Å². The molecular formula is C18H19BrO4. The number of hydrogen-bond acceptors (Lipinski definition) is 4. The van der Waals surface area contributed by atoms with Crippen molar-refractivity contribution in [3.05, 3.63) is 58.6 Å². The van der Waals surface area contributed by atoms with E-state index in [1.807, 2.05) is 36.4 Å². The molecule has 0 N–H and O–H groups in total. The molecule has 0 spiro atoms. The van der Waals surface area contributed by atoms with Crippen LogP contribution in [0.5, 0.6) is 17.2 Å². The van der Waals surface area contributed by atoms with Crippen LogP contribution in [0.4, 0.5) is 0 Å². The third-order valence-corrected chi connectivity index (χ3v) is 4.00. The molecule has 5 heteroatoms. The van der Waals surface area contributed by atoms with E-state index in [1.54, 1.807) is 20.3 Å². The Labute approximate surface area is 144 Å². The Morgan fingerprint density at radius 1 is 1.04 bits per heavy atom. The summed E-state index contributed by atoms with van der Waals surface area (Å²) in [5, 5.41) is 0. The Bertz CT molecular complexity index is 653. The van der Waals surface area contributed by atoms with Gasteiger partial charge in [-0.3, -0.25) is 0 Å². The first-order chi connectivity index (χ1) is 11.2. The normalized spacial score (nSPS) is 10.2. The molecule has 2 aromatic rings. The molecule has 0 aliphatic carbocycles. The molecule has 0 saturated heterocycles. The fraction of sp³-hybridized carbons (Fsp3) is 0.222. The van der Waals surface area contributed by atoms with Crippen molar-refractivity contribution in [1.82, 2.24) is 0 Å². The molecule has 0 aromatic heterocycles. The van der Waals surface area contributed by atoms with Crippen molar-refractivity contribution in [3.63, 3.8) is 0 Å². The minimum absolute atomic E-state index is 0.137. The molecular weight excluding hydrogens is 360 g/mol. The van der Waals surface area contributed by atoms with Crippen molar-refractivity contribution in [3.8, 4) is 17.2 Å². The second-order valence-electron chi connectivity index (χ2n) is 4.69. The molecule has 0 atom stereocenters. The van der Waals surface area contributed by atoms with Crippen LogP contribution in [0.25, 0.3) is 6.08 Å². The van der Waals surface area contributed by atoms with Gasteiger partial charge in [-0.15, -0.1) is 0 Å². The number of methoxy groups -OCH3 is 2. The van der Waals surface area contributed by atoms with Crippen LogP contribution < -0.4 is 14.2 Å². The Morgan fingerprint density at radius 2 is 1.78 bits per heavy atom. The molecule has 4 nitrogen and oxygen atoms in total. The standard InChI is InChI=1S/C18H19BrO4/c1-4-14-7-10-16(18(17(14)19)23-12-20-2)22-11-13-5-8-15(21-3)9-6-13/h4-10H,1,11-12H2,2-3H3. The van der Waals surface area contributed by atoms with Gasteiger partial charge in [0.15, 0.2) is 18.3 Å². The van der Waals surface area contributed by atoms with Crippen LogP contribution in [0.15, 0.2) is 47.4 Å². The van der Waals surface area contributed by atoms with Crippen LogP contribution in [0, 0.1) is 0 Å². The Morgan fingerprint density at radius 3 is 2.39 bits per heavy atom. The summed E-state index contributed by atoms with van der Waals surface area (Å²) in [6.07, 6.45) is 1.75. The monoisotopic (exact) mass is 378 g/mol. The summed E-state index contributed by atoms with van der Waals surface area (Å²) in [5.41, 5.74) is 1.96. The fourth-order valence-electron chi connectivity index (χ4n) is 1.96. The van der Waals surface area contributed by atoms with Gasteiger partial charge in [-0.1, -0.05) is 24.8 Å². The zero-order valence-corrected chi connectivity index (χ0v) is 14.8. The van der Waals surface area contributed by atoms with Gasteiger partial charge in [-0.05, 0) is 51.3 Å². The van der Waals surface area contributed by atoms with E-state index in [-0.39, 0.29) is 6.79 Å². The number of halogens is 1. The minimum Gasteiger partial charge on any atom is -0.497 e. The number of benzene rings is 2. The van der Waals surface area contributed by atoms with E-state index in [0.717, 1.165) is 21.3 Å². The number of hydrogen-bond donors (Lipinski definition) is 0. The molecule has 0 heterocycles. The molecule has 23 heavy (non-hydrogen) atoms. The van der Waals surface area contributed by atoms with Gasteiger partial charge in [-0.25, -0.2) is 0 Å². The topological polar surface area (TPSA) is 36.9 Å². The molecule has 122 valence electrons. The molecule has 0 aliphatic heterocycles. The quantitative estimate of drug-likeness (QED) is 0.625. The molecule has 2 aromatic carbocycles. The lowest BCUT2D eigenvalue weighted by atomic mass is 10.2. The average molecular weight is 379 g/mol. The highest BCUT2D eigenvalue weighted by Gasteiger charge is 2.13. The highest BCUT2D eigenvalue weighted by molar-refractivity contribution is 9.10. The van der Waals surface area contributed by atoms with E-state index >= 15 is 0 Å². The van der Waals surface area contributed by atoms with Crippen LogP contribution in [0.3, 0.4) is 0 Å². The first-order valence-electron chi connectivity index (χ1n) is 7.02. The Balaban J connectivity index is 2.16. The van der Waals surface area contributed by atoms with E-state index in [2.05, 4.69) is 22.5 Å². The van der Waals surface area contributed by atoms with Gasteiger partial charge in [-0.2, -0.15) is 0 Å². The largest absolute Gasteiger partial charge is 0.497 e. The highest BCUT2D eigenvalue weighted by Crippen LogP contribution is 2.38. The molecule has 0 fully saturated rings. The maximum atomic E-state index is 5.89. The van der Waals surface area contributed by atoms with Gasteiger partial charge in [0.25, 0.3) is 0 Å². The van der Waals surface area contributed by atoms with E-state index < -0.39 is 0 Å². The molecule has 2 rings (SSSR count). The van der Waals surface area contributed by atoms with Crippen molar-refractivity contribution in [2.24, 2.45) is 0 Å². The summed E-state index contributed by atoms with van der Waals surface area (Å²) < 4.78 is 22.4. The summed E-state index contributed by atoms with van der Waals surface area (Å²) in [5.74, 6) is 2.05. The number of ether oxygens (including phenoxy) is 4. The van der Waals surface area contributed by atoms with Crippen molar-refractivity contribution >= 4 is 22.0 Å². The van der Waals surface area contributed by atoms with Gasteiger partial charge < -0.3 is 18.9 Å². The smallest absolute Gasteiger partial charge is 0.188 e. The van der Waals surface area contributed by atoms with E-state index in [1.165, 1.54) is 0 Å². The number of rotatable bonds is 8. The molecule has 0 saturated carbocycles. The first-order valence-corrected chi connectivity index (χ1v) is 7.81. The lowest BCUT2D eigenvalue weighted by Gasteiger charge is -2.15. The minimum atomic E-state index is 0.137. The average Bonchev–Trinajstić information content (AvgIpc) is 2.59. The molecule has 0 bridgehead atoms. The van der Waals surface area contributed by atoms with Crippen LogP contribution in [0.2, 0.25) is 0 Å². The Kier molecular flexibility index (Phi) is 6.50. The molecule has 0 amide bonds. The third kappa shape index (κ3) is 4.50. The van der Waals surface area contributed by atoms with Gasteiger partial charge in [0.1, 0.15) is 12.4 Å². The zero-order valence-electron chi connectivity index (χ0n) is 13.2. The predicted molar refractivity (Wildman–Crippen MR) is 94.1 cm³/mol. The van der Waals surface area contributed by atoms with Crippen molar-refractivity contribution in [2.75, 3.05) is 21.0 Å². The van der Waals surface area contributed by atoms with E-state index in [9.17, 15) is 0 Å². The molecule has 0 radical (unpaired) electrons. The SMILES string of the molecule is C=Cc1ccc(OCc2ccc(OC)cc2)c(OCOC)c1Br. The summed E-state index contributed by atoms with van der Waals surface area (Å²) in [6, 6.07) is 11.5. The van der Waals surface area contributed by atoms with Crippen LogP contribution >= 0.6 is 15.9 Å². The van der Waals surface area contributed by atoms with Gasteiger partial charge in [0.2, 0.25) is 0 Å². The third-order valence-electron chi connectivity index (χ3n) is 3.19. The van der Waals surface area contributed by atoms with E-state index in [0.29, 0.717) is 18.1 Å². The molecule has 0 aliphatic rings. The van der Waals surface area contributed by atoms with E-state index in [4.69, 9.17) is 18.9 Å². The second-order valence-corrected chi connectivity index (χ2v) is 5.48.